The summed E-state index contributed by atoms with van der Waals surface area (Å²) < 4.78 is 0. The third kappa shape index (κ3) is 1.33. The lowest BCUT2D eigenvalue weighted by atomic mass is 9.97. The average molecular weight is 192 g/mol. The van der Waals surface area contributed by atoms with Crippen LogP contribution in [0.2, 0.25) is 0 Å². The van der Waals surface area contributed by atoms with Crippen LogP contribution in [0.15, 0.2) is 30.4 Å². The molecule has 15 heavy (non-hydrogen) atoms. The minimum absolute atomic E-state index is 0.567. The molecule has 2 aliphatic carbocycles. The molecule has 1 aromatic carbocycles. The Balaban J connectivity index is 2.36. The van der Waals surface area contributed by atoms with E-state index < -0.39 is 0 Å². The summed E-state index contributed by atoms with van der Waals surface area (Å²) in [7, 11) is 0. The van der Waals surface area contributed by atoms with Gasteiger partial charge in [-0.3, -0.25) is 0 Å². The van der Waals surface area contributed by atoms with E-state index in [1.165, 1.54) is 16.3 Å². The molecular formula is C14H10N+. The molecule has 0 saturated heterocycles. The fourth-order valence-corrected chi connectivity index (χ4v) is 1.94. The van der Waals surface area contributed by atoms with Crippen molar-refractivity contribution in [3.05, 3.63) is 58.3 Å². The fraction of sp³-hybridized carbons (Fsp3) is 0. The van der Waals surface area contributed by atoms with Gasteiger partial charge in [-0.25, -0.2) is 0 Å². The van der Waals surface area contributed by atoms with Crippen LogP contribution in [0.3, 0.4) is 0 Å². The van der Waals surface area contributed by atoms with E-state index in [-0.39, 0.29) is 0 Å². The Labute approximate surface area is 88.3 Å². The van der Waals surface area contributed by atoms with E-state index in [1.54, 1.807) is 0 Å². The van der Waals surface area contributed by atoms with Crippen LogP contribution >= 0.6 is 0 Å². The van der Waals surface area contributed by atoms with Crippen LogP contribution < -0.4 is 10.4 Å². The zero-order chi connectivity index (χ0) is 10.3. The fourth-order valence-electron chi connectivity index (χ4n) is 1.94. The summed E-state index contributed by atoms with van der Waals surface area (Å²) in [4.78, 5) is 0. The largest absolute Gasteiger partial charge is 0.301 e. The molecule has 3 rings (SSSR count). The minimum atomic E-state index is 0.567. The highest BCUT2D eigenvalue weighted by molar-refractivity contribution is 6.18. The number of rotatable bonds is 0. The first-order valence-electron chi connectivity index (χ1n) is 4.97. The first-order valence-corrected chi connectivity index (χ1v) is 4.97. The number of benzene rings is 1. The summed E-state index contributed by atoms with van der Waals surface area (Å²) in [5.74, 6) is 0. The van der Waals surface area contributed by atoms with Crippen molar-refractivity contribution in [2.24, 2.45) is 0 Å². The van der Waals surface area contributed by atoms with Crippen LogP contribution in [-0.4, -0.2) is 5.71 Å². The maximum absolute atomic E-state index is 7.59. The lowest BCUT2D eigenvalue weighted by Crippen LogP contribution is -2.20. The summed E-state index contributed by atoms with van der Waals surface area (Å²) in [6.07, 6.45) is 14.0. The van der Waals surface area contributed by atoms with E-state index in [0.29, 0.717) is 5.71 Å². The second-order valence-electron chi connectivity index (χ2n) is 3.76. The number of allylic oxidation sites excluding steroid dienone is 3. The van der Waals surface area contributed by atoms with E-state index in [2.05, 4.69) is 24.6 Å². The minimum Gasteiger partial charge on any atom is -0.301 e. The van der Waals surface area contributed by atoms with Gasteiger partial charge in [-0.05, 0) is 18.2 Å². The van der Waals surface area contributed by atoms with E-state index in [0.717, 1.165) is 5.22 Å². The highest BCUT2D eigenvalue weighted by atomic mass is 14.4. The van der Waals surface area contributed by atoms with Gasteiger partial charge in [0.05, 0.1) is 10.9 Å². The van der Waals surface area contributed by atoms with Crippen molar-refractivity contribution in [2.45, 2.75) is 0 Å². The van der Waals surface area contributed by atoms with E-state index >= 15 is 0 Å². The van der Waals surface area contributed by atoms with Gasteiger partial charge in [-0.15, -0.1) is 0 Å². The van der Waals surface area contributed by atoms with Gasteiger partial charge in [0.15, 0.2) is 0 Å². The van der Waals surface area contributed by atoms with Gasteiger partial charge >= 0.3 is 0 Å². The van der Waals surface area contributed by atoms with Crippen molar-refractivity contribution in [3.8, 4) is 0 Å². The topological polar surface area (TPSA) is 23.9 Å². The summed E-state index contributed by atoms with van der Waals surface area (Å²) in [6, 6.07) is 4.31. The average Bonchev–Trinajstić information content (AvgIpc) is 2.26. The Morgan fingerprint density at radius 2 is 2.00 bits per heavy atom. The SMILES string of the molecule is N=C1C=Cc2cc3c(cc2=C1)[CH+]C=CC=3. The van der Waals surface area contributed by atoms with Gasteiger partial charge in [-0.2, -0.15) is 0 Å². The molecule has 0 aliphatic heterocycles. The van der Waals surface area contributed by atoms with Crippen LogP contribution in [0.25, 0.3) is 18.2 Å². The molecular weight excluding hydrogens is 182 g/mol. The predicted molar refractivity (Wildman–Crippen MR) is 63.9 cm³/mol. The number of nitrogens with one attached hydrogen (secondary N) is 1. The molecule has 0 radical (unpaired) electrons. The van der Waals surface area contributed by atoms with Crippen LogP contribution in [0.4, 0.5) is 0 Å². The predicted octanol–water partition coefficient (Wildman–Crippen LogP) is 1.42. The molecule has 1 heteroatoms. The van der Waals surface area contributed by atoms with Gasteiger partial charge in [-0.1, -0.05) is 6.08 Å². The quantitative estimate of drug-likeness (QED) is 0.601. The standard InChI is InChI=1S/C14H10N/c15-14-6-5-12-7-10-3-1-2-4-11(10)8-13(12)9-14/h1-9,15H/q+1. The molecule has 1 nitrogen and oxygen atoms in total. The maximum Gasteiger partial charge on any atom is 0.104 e. The maximum atomic E-state index is 7.59. The Morgan fingerprint density at radius 1 is 1.07 bits per heavy atom. The molecule has 0 fully saturated rings. The van der Waals surface area contributed by atoms with Crippen molar-refractivity contribution in [2.75, 3.05) is 0 Å². The van der Waals surface area contributed by atoms with Crippen LogP contribution in [0, 0.1) is 11.8 Å². The molecule has 1 N–H and O–H groups in total. The molecule has 0 unspecified atom stereocenters. The summed E-state index contributed by atoms with van der Waals surface area (Å²) in [5, 5.41) is 9.98. The zero-order valence-corrected chi connectivity index (χ0v) is 8.20. The zero-order valence-electron chi connectivity index (χ0n) is 8.20. The van der Waals surface area contributed by atoms with Gasteiger partial charge in [0.1, 0.15) is 5.56 Å². The second kappa shape index (κ2) is 2.99. The Kier molecular flexibility index (Phi) is 1.65. The highest BCUT2D eigenvalue weighted by Crippen LogP contribution is 2.05. The van der Waals surface area contributed by atoms with Crippen molar-refractivity contribution in [1.82, 2.24) is 0 Å². The Hall–Kier alpha value is -2.02. The third-order valence-corrected chi connectivity index (χ3v) is 2.70. The van der Waals surface area contributed by atoms with Crippen LogP contribution in [-0.2, 0) is 0 Å². The van der Waals surface area contributed by atoms with E-state index in [1.807, 2.05) is 30.4 Å². The molecule has 70 valence electrons. The summed E-state index contributed by atoms with van der Waals surface area (Å²) >= 11 is 0. The van der Waals surface area contributed by atoms with Gasteiger partial charge in [0.25, 0.3) is 0 Å². The lowest BCUT2D eigenvalue weighted by molar-refractivity contribution is 1.39. The molecule has 0 saturated carbocycles. The molecule has 0 bridgehead atoms. The van der Waals surface area contributed by atoms with Crippen LogP contribution in [0.1, 0.15) is 11.1 Å². The second-order valence-corrected chi connectivity index (χ2v) is 3.76. The number of hydrogen-bond donors (Lipinski definition) is 1. The molecule has 1 aromatic rings. The first kappa shape index (κ1) is 8.30. The lowest BCUT2D eigenvalue weighted by Gasteiger charge is -2.03. The Bertz CT molecular complexity index is 615. The monoisotopic (exact) mass is 192 g/mol. The van der Waals surface area contributed by atoms with Crippen molar-refractivity contribution in [3.63, 3.8) is 0 Å². The van der Waals surface area contributed by atoms with Gasteiger partial charge < -0.3 is 5.41 Å². The van der Waals surface area contributed by atoms with E-state index in [9.17, 15) is 0 Å². The van der Waals surface area contributed by atoms with Crippen molar-refractivity contribution >= 4 is 23.9 Å². The Morgan fingerprint density at radius 3 is 2.93 bits per heavy atom. The van der Waals surface area contributed by atoms with Crippen LogP contribution in [0.5, 0.6) is 0 Å². The summed E-state index contributed by atoms with van der Waals surface area (Å²) in [6.45, 7) is 0. The molecule has 0 amide bonds. The summed E-state index contributed by atoms with van der Waals surface area (Å²) in [5.41, 5.74) is 3.00. The first-order chi connectivity index (χ1) is 7.33. The smallest absolute Gasteiger partial charge is 0.104 e. The molecule has 2 aliphatic rings. The number of hydrogen-bond acceptors (Lipinski definition) is 1. The van der Waals surface area contributed by atoms with E-state index in [4.69, 9.17) is 5.41 Å². The van der Waals surface area contributed by atoms with Gasteiger partial charge in [0, 0.05) is 41.5 Å². The highest BCUT2D eigenvalue weighted by Gasteiger charge is 2.09. The third-order valence-electron chi connectivity index (χ3n) is 2.70. The molecule has 0 atom stereocenters. The number of fused-ring (bicyclic) bond motifs is 2. The van der Waals surface area contributed by atoms with Crippen molar-refractivity contribution in [1.29, 1.82) is 5.41 Å². The normalized spacial score (nSPS) is 15.9. The van der Waals surface area contributed by atoms with Crippen molar-refractivity contribution < 1.29 is 0 Å². The molecule has 0 aromatic heterocycles. The molecule has 0 spiro atoms. The molecule has 0 heterocycles. The van der Waals surface area contributed by atoms with Gasteiger partial charge in [0.2, 0.25) is 0 Å².